The Morgan fingerprint density at radius 3 is 2.50 bits per heavy atom. The van der Waals surface area contributed by atoms with E-state index in [4.69, 9.17) is 0 Å². The van der Waals surface area contributed by atoms with Crippen molar-refractivity contribution >= 4 is 27.7 Å². The molecule has 0 aromatic carbocycles. The fourth-order valence-electron chi connectivity index (χ4n) is 2.81. The third-order valence-electron chi connectivity index (χ3n) is 4.10. The minimum atomic E-state index is -1.25. The number of aryl methyl sites for hydroxylation is 2. The normalized spacial score (nSPS) is 16.9. The maximum atomic E-state index is 15.0. The molecule has 8 heteroatoms. The number of hydrogen-bond donors (Lipinski definition) is 1. The van der Waals surface area contributed by atoms with E-state index >= 15 is 4.39 Å². The molecule has 0 aliphatic carbocycles. The van der Waals surface area contributed by atoms with Crippen LogP contribution in [0.15, 0.2) is 22.9 Å². The molecular formula is C16H20BrFN6. The van der Waals surface area contributed by atoms with Gasteiger partial charge in [0.1, 0.15) is 17.3 Å². The van der Waals surface area contributed by atoms with Gasteiger partial charge in [-0.25, -0.2) is 24.3 Å². The van der Waals surface area contributed by atoms with Gasteiger partial charge in [-0.2, -0.15) is 0 Å². The number of anilines is 2. The fraction of sp³-hybridized carbons (Fsp3) is 0.500. The lowest BCUT2D eigenvalue weighted by Gasteiger charge is -2.36. The SMILES string of the molecule is Cc1cc(NCC2(F)CCN(c3ncc(Br)cn3)CC2)nc(C)n1. The van der Waals surface area contributed by atoms with Gasteiger partial charge in [-0.15, -0.1) is 0 Å². The van der Waals surface area contributed by atoms with Crippen molar-refractivity contribution in [3.63, 3.8) is 0 Å². The number of aromatic nitrogens is 4. The number of nitrogens with one attached hydrogen (secondary N) is 1. The van der Waals surface area contributed by atoms with Gasteiger partial charge < -0.3 is 10.2 Å². The third kappa shape index (κ3) is 4.17. The Labute approximate surface area is 149 Å². The van der Waals surface area contributed by atoms with Gasteiger partial charge in [0.25, 0.3) is 0 Å². The summed E-state index contributed by atoms with van der Waals surface area (Å²) in [6.45, 7) is 5.18. The van der Waals surface area contributed by atoms with E-state index in [2.05, 4.69) is 41.2 Å². The third-order valence-corrected chi connectivity index (χ3v) is 4.51. The highest BCUT2D eigenvalue weighted by atomic mass is 79.9. The summed E-state index contributed by atoms with van der Waals surface area (Å²) in [5, 5.41) is 3.12. The Bertz CT molecular complexity index is 680. The summed E-state index contributed by atoms with van der Waals surface area (Å²) in [7, 11) is 0. The van der Waals surface area contributed by atoms with Crippen molar-refractivity contribution < 1.29 is 4.39 Å². The maximum absolute atomic E-state index is 15.0. The standard InChI is InChI=1S/C16H20BrFN6/c1-11-7-14(23-12(2)22-11)21-10-16(18)3-5-24(6-4-16)15-19-8-13(17)9-20-15/h7-9H,3-6,10H2,1-2H3,(H,21,22,23). The van der Waals surface area contributed by atoms with Gasteiger partial charge in [0.15, 0.2) is 0 Å². The fourth-order valence-corrected chi connectivity index (χ4v) is 3.01. The molecule has 3 heterocycles. The van der Waals surface area contributed by atoms with Crippen molar-refractivity contribution in [2.24, 2.45) is 0 Å². The van der Waals surface area contributed by atoms with Crippen LogP contribution in [0.5, 0.6) is 0 Å². The largest absolute Gasteiger partial charge is 0.367 e. The first-order valence-corrected chi connectivity index (χ1v) is 8.70. The molecule has 0 saturated carbocycles. The molecule has 1 aliphatic rings. The van der Waals surface area contributed by atoms with Crippen molar-refractivity contribution in [2.45, 2.75) is 32.4 Å². The highest BCUT2D eigenvalue weighted by molar-refractivity contribution is 9.10. The lowest BCUT2D eigenvalue weighted by atomic mass is 9.93. The molecular weight excluding hydrogens is 375 g/mol. The number of alkyl halides is 1. The predicted molar refractivity (Wildman–Crippen MR) is 95.0 cm³/mol. The number of piperidine rings is 1. The minimum absolute atomic E-state index is 0.248. The van der Waals surface area contributed by atoms with E-state index in [1.807, 2.05) is 24.8 Å². The maximum Gasteiger partial charge on any atom is 0.225 e. The molecule has 6 nitrogen and oxygen atoms in total. The molecule has 1 N–H and O–H groups in total. The van der Waals surface area contributed by atoms with Gasteiger partial charge in [0, 0.05) is 50.1 Å². The van der Waals surface area contributed by atoms with Gasteiger partial charge in [0.05, 0.1) is 11.0 Å². The van der Waals surface area contributed by atoms with Crippen LogP contribution in [-0.4, -0.2) is 45.2 Å². The van der Waals surface area contributed by atoms with Crippen LogP contribution < -0.4 is 10.2 Å². The quantitative estimate of drug-likeness (QED) is 0.859. The van der Waals surface area contributed by atoms with Crippen LogP contribution >= 0.6 is 15.9 Å². The minimum Gasteiger partial charge on any atom is -0.367 e. The van der Waals surface area contributed by atoms with Gasteiger partial charge in [0.2, 0.25) is 5.95 Å². The molecule has 1 saturated heterocycles. The van der Waals surface area contributed by atoms with Crippen LogP contribution in [0.1, 0.15) is 24.4 Å². The molecule has 24 heavy (non-hydrogen) atoms. The highest BCUT2D eigenvalue weighted by Gasteiger charge is 2.35. The Hall–Kier alpha value is -1.83. The van der Waals surface area contributed by atoms with E-state index in [1.165, 1.54) is 0 Å². The Balaban J connectivity index is 1.57. The van der Waals surface area contributed by atoms with Crippen LogP contribution in [-0.2, 0) is 0 Å². The van der Waals surface area contributed by atoms with Gasteiger partial charge >= 0.3 is 0 Å². The summed E-state index contributed by atoms with van der Waals surface area (Å²) in [4.78, 5) is 19.1. The Morgan fingerprint density at radius 2 is 1.88 bits per heavy atom. The molecule has 3 rings (SSSR count). The zero-order valence-electron chi connectivity index (χ0n) is 13.8. The average Bonchev–Trinajstić information content (AvgIpc) is 2.54. The number of hydrogen-bond acceptors (Lipinski definition) is 6. The molecule has 0 spiro atoms. The van der Waals surface area contributed by atoms with Crippen LogP contribution in [0.3, 0.4) is 0 Å². The van der Waals surface area contributed by atoms with Gasteiger partial charge in [-0.1, -0.05) is 0 Å². The monoisotopic (exact) mass is 394 g/mol. The average molecular weight is 395 g/mol. The molecule has 0 atom stereocenters. The van der Waals surface area contributed by atoms with Crippen molar-refractivity contribution in [3.05, 3.63) is 34.5 Å². The summed E-state index contributed by atoms with van der Waals surface area (Å²) >= 11 is 3.32. The van der Waals surface area contributed by atoms with Crippen molar-refractivity contribution in [1.29, 1.82) is 0 Å². The number of nitrogens with zero attached hydrogens (tertiary/aromatic N) is 5. The second-order valence-electron chi connectivity index (χ2n) is 6.13. The lowest BCUT2D eigenvalue weighted by molar-refractivity contribution is 0.140. The van der Waals surface area contributed by atoms with Crippen LogP contribution in [0.2, 0.25) is 0 Å². The molecule has 0 amide bonds. The Kier molecular flexibility index (Phi) is 4.93. The van der Waals surface area contributed by atoms with Crippen LogP contribution in [0.4, 0.5) is 16.2 Å². The van der Waals surface area contributed by atoms with Crippen molar-refractivity contribution in [3.8, 4) is 0 Å². The first-order chi connectivity index (χ1) is 11.4. The second-order valence-corrected chi connectivity index (χ2v) is 7.05. The smallest absolute Gasteiger partial charge is 0.225 e. The summed E-state index contributed by atoms with van der Waals surface area (Å²) < 4.78 is 15.9. The summed E-state index contributed by atoms with van der Waals surface area (Å²) in [6, 6.07) is 1.83. The van der Waals surface area contributed by atoms with Crippen molar-refractivity contribution in [2.75, 3.05) is 29.9 Å². The van der Waals surface area contributed by atoms with E-state index < -0.39 is 5.67 Å². The highest BCUT2D eigenvalue weighted by Crippen LogP contribution is 2.28. The molecule has 2 aromatic heterocycles. The van der Waals surface area contributed by atoms with Crippen LogP contribution in [0.25, 0.3) is 0 Å². The molecule has 2 aromatic rings. The van der Waals surface area contributed by atoms with E-state index in [1.54, 1.807) is 12.4 Å². The molecule has 0 unspecified atom stereocenters. The molecule has 128 valence electrons. The zero-order chi connectivity index (χ0) is 17.2. The lowest BCUT2D eigenvalue weighted by Crippen LogP contribution is -2.46. The van der Waals surface area contributed by atoms with Gasteiger partial charge in [-0.05, 0) is 29.8 Å². The molecule has 1 fully saturated rings. The van der Waals surface area contributed by atoms with E-state index in [0.29, 0.717) is 43.5 Å². The van der Waals surface area contributed by atoms with E-state index in [0.717, 1.165) is 10.2 Å². The number of rotatable bonds is 4. The summed E-state index contributed by atoms with van der Waals surface area (Å²) in [5.41, 5.74) is -0.376. The molecule has 0 radical (unpaired) electrons. The first-order valence-electron chi connectivity index (χ1n) is 7.91. The summed E-state index contributed by atoms with van der Waals surface area (Å²) in [5.74, 6) is 2.01. The van der Waals surface area contributed by atoms with Crippen molar-refractivity contribution in [1.82, 2.24) is 19.9 Å². The summed E-state index contributed by atoms with van der Waals surface area (Å²) in [6.07, 6.45) is 4.28. The predicted octanol–water partition coefficient (Wildman–Crippen LogP) is 3.07. The topological polar surface area (TPSA) is 66.8 Å². The number of halogens is 2. The van der Waals surface area contributed by atoms with Gasteiger partial charge in [-0.3, -0.25) is 0 Å². The first kappa shape index (κ1) is 17.0. The van der Waals surface area contributed by atoms with E-state index in [9.17, 15) is 0 Å². The Morgan fingerprint density at radius 1 is 1.21 bits per heavy atom. The molecule has 1 aliphatic heterocycles. The van der Waals surface area contributed by atoms with E-state index in [-0.39, 0.29) is 6.54 Å². The molecule has 0 bridgehead atoms. The van der Waals surface area contributed by atoms with Crippen LogP contribution in [0, 0.1) is 13.8 Å². The second kappa shape index (κ2) is 6.96. The zero-order valence-corrected chi connectivity index (χ0v) is 15.3.